The predicted molar refractivity (Wildman–Crippen MR) is 72.1 cm³/mol. The van der Waals surface area contributed by atoms with Crippen LogP contribution in [0.2, 0.25) is 0 Å². The molecule has 0 spiro atoms. The SMILES string of the molecule is CCN(CCSOOO)c1cccc(C)c1.[Na]. The van der Waals surface area contributed by atoms with Gasteiger partial charge in [0.15, 0.2) is 0 Å². The second-order valence-corrected chi connectivity index (χ2v) is 4.16. The summed E-state index contributed by atoms with van der Waals surface area (Å²) in [4.78, 5) is 2.24. The van der Waals surface area contributed by atoms with Crippen LogP contribution in [-0.2, 0) is 9.37 Å². The van der Waals surface area contributed by atoms with E-state index in [2.05, 4.69) is 46.3 Å². The van der Waals surface area contributed by atoms with Gasteiger partial charge in [0.25, 0.3) is 0 Å². The number of nitrogens with zero attached hydrogens (tertiary/aromatic N) is 1. The van der Waals surface area contributed by atoms with Gasteiger partial charge >= 0.3 is 0 Å². The van der Waals surface area contributed by atoms with Crippen molar-refractivity contribution in [1.29, 1.82) is 0 Å². The number of hydrogen-bond acceptors (Lipinski definition) is 5. The molecule has 0 amide bonds. The second kappa shape index (κ2) is 10.2. The van der Waals surface area contributed by atoms with Crippen LogP contribution in [0.3, 0.4) is 0 Å². The van der Waals surface area contributed by atoms with Crippen molar-refractivity contribution in [2.45, 2.75) is 13.8 Å². The standard InChI is InChI=1S/C11H17NO3S.Na/c1-3-12(7-8-16-15-14-13)11-6-4-5-10(2)9-11;/h4-6,9,13H,3,7-8H2,1-2H3;. The van der Waals surface area contributed by atoms with Gasteiger partial charge in [-0.25, -0.2) is 5.26 Å². The molecule has 0 aliphatic rings. The Bertz CT molecular complexity index is 315. The summed E-state index contributed by atoms with van der Waals surface area (Å²) in [5.41, 5.74) is 2.45. The minimum absolute atomic E-state index is 0. The monoisotopic (exact) mass is 266 g/mol. The molecule has 0 atom stereocenters. The first kappa shape index (κ1) is 17.2. The fourth-order valence-corrected chi connectivity index (χ4v) is 1.90. The molecule has 0 saturated heterocycles. The summed E-state index contributed by atoms with van der Waals surface area (Å²) in [6.07, 6.45) is 0. The minimum Gasteiger partial charge on any atom is -0.371 e. The maximum atomic E-state index is 7.99. The van der Waals surface area contributed by atoms with Crippen molar-refractivity contribution in [1.82, 2.24) is 0 Å². The molecule has 0 bridgehead atoms. The Morgan fingerprint density at radius 3 is 2.76 bits per heavy atom. The summed E-state index contributed by atoms with van der Waals surface area (Å²) in [5, 5.41) is 11.5. The molecule has 1 aromatic carbocycles. The third-order valence-electron chi connectivity index (χ3n) is 2.27. The average Bonchev–Trinajstić information content (AvgIpc) is 2.29. The van der Waals surface area contributed by atoms with Crippen LogP contribution in [0, 0.1) is 6.92 Å². The fraction of sp³-hybridized carbons (Fsp3) is 0.455. The third kappa shape index (κ3) is 6.67. The average molecular weight is 266 g/mol. The quantitative estimate of drug-likeness (QED) is 0.270. The molecule has 4 nitrogen and oxygen atoms in total. The molecule has 0 aromatic heterocycles. The molecule has 0 saturated carbocycles. The van der Waals surface area contributed by atoms with E-state index >= 15 is 0 Å². The predicted octanol–water partition coefficient (Wildman–Crippen LogP) is 2.51. The zero-order valence-corrected chi connectivity index (χ0v) is 13.4. The maximum absolute atomic E-state index is 7.99. The zero-order chi connectivity index (χ0) is 11.8. The Morgan fingerprint density at radius 1 is 1.41 bits per heavy atom. The van der Waals surface area contributed by atoms with Crippen LogP contribution < -0.4 is 4.90 Å². The molecule has 0 unspecified atom stereocenters. The van der Waals surface area contributed by atoms with Crippen LogP contribution >= 0.6 is 12.0 Å². The first-order valence-corrected chi connectivity index (χ1v) is 6.10. The molecule has 1 rings (SSSR count). The molecule has 1 N–H and O–H groups in total. The van der Waals surface area contributed by atoms with E-state index in [0.29, 0.717) is 0 Å². The van der Waals surface area contributed by atoms with Crippen LogP contribution in [0.5, 0.6) is 0 Å². The van der Waals surface area contributed by atoms with Gasteiger partial charge in [0.2, 0.25) is 0 Å². The van der Waals surface area contributed by atoms with Crippen LogP contribution in [0.4, 0.5) is 5.69 Å². The molecule has 17 heavy (non-hydrogen) atoms. The van der Waals surface area contributed by atoms with Crippen molar-refractivity contribution in [2.24, 2.45) is 0 Å². The van der Waals surface area contributed by atoms with E-state index in [1.54, 1.807) is 0 Å². The van der Waals surface area contributed by atoms with E-state index in [4.69, 9.17) is 5.26 Å². The van der Waals surface area contributed by atoms with Gasteiger partial charge in [-0.05, 0) is 31.5 Å². The number of hydrogen-bond donors (Lipinski definition) is 1. The van der Waals surface area contributed by atoms with Crippen LogP contribution in [0.25, 0.3) is 0 Å². The summed E-state index contributed by atoms with van der Waals surface area (Å²) in [6, 6.07) is 8.37. The van der Waals surface area contributed by atoms with Gasteiger partial charge in [0.1, 0.15) is 0 Å². The van der Waals surface area contributed by atoms with Crippen molar-refractivity contribution in [2.75, 3.05) is 23.7 Å². The van der Waals surface area contributed by atoms with E-state index in [1.165, 1.54) is 11.3 Å². The normalized spacial score (nSPS) is 9.82. The van der Waals surface area contributed by atoms with Crippen molar-refractivity contribution < 1.29 is 14.6 Å². The van der Waals surface area contributed by atoms with Crippen LogP contribution in [-0.4, -0.2) is 53.7 Å². The zero-order valence-electron chi connectivity index (χ0n) is 10.5. The van der Waals surface area contributed by atoms with Crippen LogP contribution in [0.1, 0.15) is 12.5 Å². The van der Waals surface area contributed by atoms with E-state index in [1.807, 2.05) is 6.07 Å². The molecule has 1 radical (unpaired) electrons. The van der Waals surface area contributed by atoms with Crippen molar-refractivity contribution in [3.63, 3.8) is 0 Å². The number of benzene rings is 1. The van der Waals surface area contributed by atoms with E-state index in [-0.39, 0.29) is 29.6 Å². The summed E-state index contributed by atoms with van der Waals surface area (Å²) in [5.74, 6) is 0.725. The Hall–Kier alpha value is 0.250. The van der Waals surface area contributed by atoms with E-state index in [0.717, 1.165) is 30.9 Å². The number of rotatable bonds is 7. The molecular weight excluding hydrogens is 249 g/mol. The molecule has 0 aliphatic carbocycles. The Balaban J connectivity index is 0.00000256. The van der Waals surface area contributed by atoms with Gasteiger partial charge in [-0.3, -0.25) is 0 Å². The summed E-state index contributed by atoms with van der Waals surface area (Å²) in [7, 11) is 0. The van der Waals surface area contributed by atoms with Gasteiger partial charge in [-0.15, -0.1) is 4.33 Å². The first-order chi connectivity index (χ1) is 7.77. The minimum atomic E-state index is 0. The topological polar surface area (TPSA) is 41.9 Å². The van der Waals surface area contributed by atoms with Gasteiger partial charge < -0.3 is 4.90 Å². The van der Waals surface area contributed by atoms with Crippen LogP contribution in [0.15, 0.2) is 24.3 Å². The van der Waals surface area contributed by atoms with Crippen molar-refractivity contribution in [3.05, 3.63) is 29.8 Å². The number of anilines is 1. The van der Waals surface area contributed by atoms with Gasteiger partial charge in [0.05, 0.1) is 0 Å². The molecular formula is C11H17NNaO3S. The molecule has 0 aliphatic heterocycles. The molecule has 6 heteroatoms. The fourth-order valence-electron chi connectivity index (χ4n) is 1.50. The maximum Gasteiger partial charge on any atom is 0.0406 e. The Kier molecular flexibility index (Phi) is 10.3. The van der Waals surface area contributed by atoms with Crippen molar-refractivity contribution >= 4 is 47.3 Å². The number of aryl methyl sites for hydroxylation is 1. The Labute approximate surface area is 129 Å². The van der Waals surface area contributed by atoms with Gasteiger partial charge in [-0.2, -0.15) is 0 Å². The smallest absolute Gasteiger partial charge is 0.0406 e. The molecule has 0 fully saturated rings. The van der Waals surface area contributed by atoms with Gasteiger partial charge in [-0.1, -0.05) is 17.2 Å². The molecule has 91 valence electrons. The first-order valence-electron chi connectivity index (χ1n) is 5.19. The second-order valence-electron chi connectivity index (χ2n) is 3.38. The molecule has 1 aromatic rings. The van der Waals surface area contributed by atoms with Crippen molar-refractivity contribution in [3.8, 4) is 0 Å². The summed E-state index contributed by atoms with van der Waals surface area (Å²) in [6.45, 7) is 5.96. The Morgan fingerprint density at radius 2 is 2.18 bits per heavy atom. The van der Waals surface area contributed by atoms with E-state index < -0.39 is 0 Å². The largest absolute Gasteiger partial charge is 0.371 e. The third-order valence-corrected chi connectivity index (χ3v) is 2.78. The molecule has 0 heterocycles. The summed E-state index contributed by atoms with van der Waals surface area (Å²) < 4.78 is 4.33. The summed E-state index contributed by atoms with van der Waals surface area (Å²) >= 11 is 1.08. The van der Waals surface area contributed by atoms with E-state index in [9.17, 15) is 0 Å². The van der Waals surface area contributed by atoms with Gasteiger partial charge in [0, 0.05) is 66.1 Å².